The molecule has 0 aliphatic carbocycles. The van der Waals surface area contributed by atoms with E-state index in [2.05, 4.69) is 63.8 Å². The molecule has 0 radical (unpaired) electrons. The monoisotopic (exact) mass is 242 g/mol. The van der Waals surface area contributed by atoms with Crippen molar-refractivity contribution in [2.45, 2.75) is 41.0 Å². The van der Waals surface area contributed by atoms with Crippen LogP contribution in [0.5, 0.6) is 0 Å². The number of aryl methyl sites for hydroxylation is 1. The van der Waals surface area contributed by atoms with Crippen molar-refractivity contribution in [3.8, 4) is 0 Å². The number of hydrogen-bond acceptors (Lipinski definition) is 0. The summed E-state index contributed by atoms with van der Waals surface area (Å²) >= 11 is 0. The van der Waals surface area contributed by atoms with Gasteiger partial charge in [-0.1, -0.05) is 81.0 Å². The molecule has 1 rings (SSSR count). The van der Waals surface area contributed by atoms with Crippen LogP contribution in [0.15, 0.2) is 54.6 Å². The van der Waals surface area contributed by atoms with Gasteiger partial charge >= 0.3 is 0 Å². The smallest absolute Gasteiger partial charge is 0.0224 e. The molecule has 0 bridgehead atoms. The number of rotatable bonds is 4. The summed E-state index contributed by atoms with van der Waals surface area (Å²) in [6.45, 7) is 14.1. The van der Waals surface area contributed by atoms with Gasteiger partial charge in [-0.05, 0) is 31.4 Å². The minimum absolute atomic E-state index is 1.05. The topological polar surface area (TPSA) is 0 Å². The highest BCUT2D eigenvalue weighted by atomic mass is 14.0. The lowest BCUT2D eigenvalue weighted by Gasteiger charge is -2.04. The van der Waals surface area contributed by atoms with Crippen LogP contribution in [0, 0.1) is 6.92 Å². The van der Waals surface area contributed by atoms with Gasteiger partial charge in [0.25, 0.3) is 0 Å². The standard InChI is InChI=1S/C16H20.C2H6/c1-5-13(3)7-10-15(6-2)16-11-8-14(4)9-12-16;1-2/h5,7-12H,1,6H2,2-4H3;1-2H3/b13-7-,15-10+;. The second kappa shape index (κ2) is 9.47. The third kappa shape index (κ3) is 5.67. The van der Waals surface area contributed by atoms with Gasteiger partial charge in [0.15, 0.2) is 0 Å². The van der Waals surface area contributed by atoms with E-state index in [1.165, 1.54) is 22.3 Å². The maximum Gasteiger partial charge on any atom is -0.0224 e. The average Bonchev–Trinajstić information content (AvgIpc) is 2.43. The van der Waals surface area contributed by atoms with Gasteiger partial charge in [0.05, 0.1) is 0 Å². The van der Waals surface area contributed by atoms with Gasteiger partial charge in [-0.3, -0.25) is 0 Å². The zero-order chi connectivity index (χ0) is 14.0. The lowest BCUT2D eigenvalue weighted by molar-refractivity contribution is 1.23. The summed E-state index contributed by atoms with van der Waals surface area (Å²) in [7, 11) is 0. The van der Waals surface area contributed by atoms with Crippen LogP contribution in [-0.4, -0.2) is 0 Å². The van der Waals surface area contributed by atoms with E-state index in [1.807, 2.05) is 19.9 Å². The van der Waals surface area contributed by atoms with E-state index >= 15 is 0 Å². The summed E-state index contributed by atoms with van der Waals surface area (Å²) in [6, 6.07) is 8.68. The molecule has 0 amide bonds. The van der Waals surface area contributed by atoms with Crippen LogP contribution < -0.4 is 0 Å². The molecule has 0 saturated carbocycles. The van der Waals surface area contributed by atoms with Crippen molar-refractivity contribution in [3.05, 3.63) is 65.8 Å². The molecule has 18 heavy (non-hydrogen) atoms. The van der Waals surface area contributed by atoms with Crippen molar-refractivity contribution in [2.75, 3.05) is 0 Å². The summed E-state index contributed by atoms with van der Waals surface area (Å²) in [5.74, 6) is 0. The van der Waals surface area contributed by atoms with Crippen LogP contribution in [0.2, 0.25) is 0 Å². The Balaban J connectivity index is 0.00000137. The molecular formula is C18H26. The van der Waals surface area contributed by atoms with Gasteiger partial charge in [0.1, 0.15) is 0 Å². The first-order valence-corrected chi connectivity index (χ1v) is 6.74. The normalized spacial score (nSPS) is 11.6. The summed E-state index contributed by atoms with van der Waals surface area (Å²) in [5.41, 5.74) is 5.16. The molecule has 0 spiro atoms. The Hall–Kier alpha value is -1.56. The Morgan fingerprint density at radius 2 is 1.67 bits per heavy atom. The molecule has 0 aliphatic rings. The summed E-state index contributed by atoms with van der Waals surface area (Å²) in [4.78, 5) is 0. The Morgan fingerprint density at radius 1 is 1.11 bits per heavy atom. The predicted octanol–water partition coefficient (Wildman–Crippen LogP) is 5.95. The Kier molecular flexibility index (Phi) is 8.65. The Bertz CT molecular complexity index is 402. The van der Waals surface area contributed by atoms with Crippen LogP contribution in [-0.2, 0) is 0 Å². The van der Waals surface area contributed by atoms with Gasteiger partial charge in [0.2, 0.25) is 0 Å². The number of hydrogen-bond donors (Lipinski definition) is 0. The summed E-state index contributed by atoms with van der Waals surface area (Å²) < 4.78 is 0. The van der Waals surface area contributed by atoms with Gasteiger partial charge in [0, 0.05) is 0 Å². The predicted molar refractivity (Wildman–Crippen MR) is 84.7 cm³/mol. The van der Waals surface area contributed by atoms with Crippen molar-refractivity contribution < 1.29 is 0 Å². The van der Waals surface area contributed by atoms with Crippen molar-refractivity contribution in [1.29, 1.82) is 0 Å². The van der Waals surface area contributed by atoms with Crippen LogP contribution >= 0.6 is 0 Å². The quantitative estimate of drug-likeness (QED) is 0.572. The van der Waals surface area contributed by atoms with Crippen LogP contribution in [0.1, 0.15) is 45.2 Å². The minimum atomic E-state index is 1.05. The molecule has 0 heteroatoms. The fourth-order valence-corrected chi connectivity index (χ4v) is 1.49. The van der Waals surface area contributed by atoms with Gasteiger partial charge in [-0.15, -0.1) is 0 Å². The van der Waals surface area contributed by atoms with E-state index in [9.17, 15) is 0 Å². The maximum absolute atomic E-state index is 3.75. The molecule has 0 atom stereocenters. The van der Waals surface area contributed by atoms with E-state index in [0.717, 1.165) is 6.42 Å². The fraction of sp³-hybridized carbons (Fsp3) is 0.333. The first-order chi connectivity index (χ1) is 8.67. The first kappa shape index (κ1) is 16.4. The highest BCUT2D eigenvalue weighted by Gasteiger charge is 1.97. The highest BCUT2D eigenvalue weighted by Crippen LogP contribution is 2.18. The molecular weight excluding hydrogens is 216 g/mol. The number of benzene rings is 1. The molecule has 0 saturated heterocycles. The Labute approximate surface area is 113 Å². The van der Waals surface area contributed by atoms with E-state index in [1.54, 1.807) is 0 Å². The van der Waals surface area contributed by atoms with Crippen molar-refractivity contribution in [3.63, 3.8) is 0 Å². The summed E-state index contributed by atoms with van der Waals surface area (Å²) in [5, 5.41) is 0. The average molecular weight is 242 g/mol. The largest absolute Gasteiger partial charge is 0.0988 e. The molecule has 0 fully saturated rings. The SMILES string of the molecule is C=C/C(C)=C\C=C(/CC)c1ccc(C)cc1.CC. The molecule has 0 heterocycles. The second-order valence-electron chi connectivity index (χ2n) is 4.03. The number of allylic oxidation sites excluding steroid dienone is 5. The third-order valence-corrected chi connectivity index (χ3v) is 2.67. The van der Waals surface area contributed by atoms with Crippen LogP contribution in [0.25, 0.3) is 5.57 Å². The zero-order valence-electron chi connectivity index (χ0n) is 12.5. The molecule has 0 nitrogen and oxygen atoms in total. The molecule has 0 N–H and O–H groups in total. The van der Waals surface area contributed by atoms with Crippen LogP contribution in [0.4, 0.5) is 0 Å². The molecule has 0 aromatic heterocycles. The maximum atomic E-state index is 3.75. The summed E-state index contributed by atoms with van der Waals surface area (Å²) in [6.07, 6.45) is 7.22. The van der Waals surface area contributed by atoms with E-state index < -0.39 is 0 Å². The van der Waals surface area contributed by atoms with E-state index in [4.69, 9.17) is 0 Å². The van der Waals surface area contributed by atoms with Crippen molar-refractivity contribution >= 4 is 5.57 Å². The van der Waals surface area contributed by atoms with Gasteiger partial charge in [-0.25, -0.2) is 0 Å². The van der Waals surface area contributed by atoms with Gasteiger partial charge < -0.3 is 0 Å². The highest BCUT2D eigenvalue weighted by molar-refractivity contribution is 5.67. The minimum Gasteiger partial charge on any atom is -0.0988 e. The molecule has 1 aromatic rings. The second-order valence-corrected chi connectivity index (χ2v) is 4.03. The molecule has 1 aromatic carbocycles. The van der Waals surface area contributed by atoms with E-state index in [0.29, 0.717) is 0 Å². The van der Waals surface area contributed by atoms with Gasteiger partial charge in [-0.2, -0.15) is 0 Å². The fourth-order valence-electron chi connectivity index (χ4n) is 1.49. The zero-order valence-corrected chi connectivity index (χ0v) is 12.5. The van der Waals surface area contributed by atoms with Crippen molar-refractivity contribution in [1.82, 2.24) is 0 Å². The first-order valence-electron chi connectivity index (χ1n) is 6.74. The molecule has 98 valence electrons. The molecule has 0 unspecified atom stereocenters. The molecule has 0 aliphatic heterocycles. The van der Waals surface area contributed by atoms with Crippen LogP contribution in [0.3, 0.4) is 0 Å². The van der Waals surface area contributed by atoms with E-state index in [-0.39, 0.29) is 0 Å². The lowest BCUT2D eigenvalue weighted by Crippen LogP contribution is -1.83. The third-order valence-electron chi connectivity index (χ3n) is 2.67. The van der Waals surface area contributed by atoms with Crippen molar-refractivity contribution in [2.24, 2.45) is 0 Å². The Morgan fingerprint density at radius 3 is 2.11 bits per heavy atom. The lowest BCUT2D eigenvalue weighted by atomic mass is 10.0.